The molecule has 2 aromatic heterocycles. The molecule has 0 atom stereocenters. The van der Waals surface area contributed by atoms with E-state index in [0.717, 1.165) is 37.6 Å². The first kappa shape index (κ1) is 22.0. The van der Waals surface area contributed by atoms with Gasteiger partial charge in [0.25, 0.3) is 5.91 Å². The van der Waals surface area contributed by atoms with Gasteiger partial charge in [0.2, 0.25) is 0 Å². The van der Waals surface area contributed by atoms with Crippen LogP contribution in [0, 0.1) is 5.82 Å². The van der Waals surface area contributed by atoms with E-state index in [4.69, 9.17) is 9.97 Å². The van der Waals surface area contributed by atoms with Gasteiger partial charge in [-0.15, -0.1) is 11.3 Å². The number of thiophene rings is 1. The van der Waals surface area contributed by atoms with Crippen molar-refractivity contribution in [3.8, 4) is 0 Å². The Morgan fingerprint density at radius 3 is 2.41 bits per heavy atom. The number of piperazine rings is 1. The lowest BCUT2D eigenvalue weighted by molar-refractivity contribution is 0.0746. The third-order valence-electron chi connectivity index (χ3n) is 7.74. The lowest BCUT2D eigenvalue weighted by atomic mass is 9.88. The number of hydrogen-bond acceptors (Lipinski definition) is 5. The summed E-state index contributed by atoms with van der Waals surface area (Å²) in [6.07, 6.45) is 11.0. The Bertz CT molecular complexity index is 1190. The molecule has 5 nitrogen and oxygen atoms in total. The third-order valence-corrected chi connectivity index (χ3v) is 8.93. The van der Waals surface area contributed by atoms with E-state index >= 15 is 0 Å². The number of fused-ring (bicyclic) bond motifs is 3. The smallest absolute Gasteiger partial charge is 0.253 e. The summed E-state index contributed by atoms with van der Waals surface area (Å²) in [6, 6.07) is 5.86. The molecule has 7 heteroatoms. The first-order valence-electron chi connectivity index (χ1n) is 12.8. The third kappa shape index (κ3) is 4.08. The van der Waals surface area contributed by atoms with Crippen LogP contribution in [0.3, 0.4) is 0 Å². The van der Waals surface area contributed by atoms with Crippen molar-refractivity contribution in [3.05, 3.63) is 51.9 Å². The zero-order valence-electron chi connectivity index (χ0n) is 19.6. The molecule has 3 aliphatic rings. The Morgan fingerprint density at radius 1 is 0.912 bits per heavy atom. The van der Waals surface area contributed by atoms with E-state index in [0.29, 0.717) is 24.6 Å². The molecule has 1 aromatic carbocycles. The number of carbonyl (C=O) groups excluding carboxylic acids is 1. The van der Waals surface area contributed by atoms with Crippen LogP contribution >= 0.6 is 11.3 Å². The molecule has 0 unspecified atom stereocenters. The number of hydrogen-bond donors (Lipinski definition) is 0. The molecule has 6 rings (SSSR count). The van der Waals surface area contributed by atoms with Crippen molar-refractivity contribution in [2.45, 2.75) is 63.7 Å². The summed E-state index contributed by atoms with van der Waals surface area (Å²) < 4.78 is 13.3. The van der Waals surface area contributed by atoms with Gasteiger partial charge in [-0.05, 0) is 68.4 Å². The molecule has 0 spiro atoms. The predicted octanol–water partition coefficient (Wildman–Crippen LogP) is 5.72. The second kappa shape index (κ2) is 9.25. The van der Waals surface area contributed by atoms with Gasteiger partial charge in [-0.3, -0.25) is 4.79 Å². The lowest BCUT2D eigenvalue weighted by Crippen LogP contribution is -2.49. The zero-order valence-corrected chi connectivity index (χ0v) is 20.4. The van der Waals surface area contributed by atoms with Crippen LogP contribution in [0.15, 0.2) is 24.3 Å². The number of carbonyl (C=O) groups is 1. The van der Waals surface area contributed by atoms with Crippen molar-refractivity contribution in [2.75, 3.05) is 31.1 Å². The molecule has 0 bridgehead atoms. The summed E-state index contributed by atoms with van der Waals surface area (Å²) in [5.74, 6) is 2.26. The van der Waals surface area contributed by atoms with E-state index in [9.17, 15) is 9.18 Å². The second-order valence-corrected chi connectivity index (χ2v) is 11.0. The molecular weight excluding hydrogens is 447 g/mol. The van der Waals surface area contributed by atoms with Crippen LogP contribution in [0.2, 0.25) is 0 Å². The Balaban J connectivity index is 1.30. The SMILES string of the molecule is O=C(c1ccc(F)cc1)N1CCN(c2nc(C3CCCCC3)nc3sc4c(c23)CCCC4)CC1. The fourth-order valence-electron chi connectivity index (χ4n) is 5.82. The number of aromatic nitrogens is 2. The molecule has 34 heavy (non-hydrogen) atoms. The van der Waals surface area contributed by atoms with Crippen molar-refractivity contribution in [1.82, 2.24) is 14.9 Å². The highest BCUT2D eigenvalue weighted by Crippen LogP contribution is 2.42. The number of benzene rings is 1. The maximum atomic E-state index is 13.3. The predicted molar refractivity (Wildman–Crippen MR) is 134 cm³/mol. The van der Waals surface area contributed by atoms with Gasteiger partial charge in [-0.25, -0.2) is 14.4 Å². The maximum absolute atomic E-state index is 13.3. The Morgan fingerprint density at radius 2 is 1.65 bits per heavy atom. The van der Waals surface area contributed by atoms with Crippen LogP contribution in [-0.4, -0.2) is 47.0 Å². The summed E-state index contributed by atoms with van der Waals surface area (Å²) in [5.41, 5.74) is 2.02. The molecule has 1 amide bonds. The molecule has 0 N–H and O–H groups in total. The van der Waals surface area contributed by atoms with Crippen LogP contribution in [-0.2, 0) is 12.8 Å². The first-order chi connectivity index (χ1) is 16.7. The summed E-state index contributed by atoms with van der Waals surface area (Å²) in [7, 11) is 0. The van der Waals surface area contributed by atoms with Crippen LogP contribution in [0.25, 0.3) is 10.2 Å². The van der Waals surface area contributed by atoms with Crippen molar-refractivity contribution >= 4 is 33.3 Å². The number of halogens is 1. The fourth-order valence-corrected chi connectivity index (χ4v) is 7.09. The summed E-state index contributed by atoms with van der Waals surface area (Å²) in [6.45, 7) is 2.81. The minimum atomic E-state index is -0.318. The Kier molecular flexibility index (Phi) is 5.97. The first-order valence-corrected chi connectivity index (χ1v) is 13.6. The van der Waals surface area contributed by atoms with Gasteiger partial charge in [0.05, 0.1) is 5.39 Å². The molecular formula is C27H31FN4OS. The molecule has 178 valence electrons. The Hall–Kier alpha value is -2.54. The van der Waals surface area contributed by atoms with Gasteiger partial charge in [0, 0.05) is 42.5 Å². The maximum Gasteiger partial charge on any atom is 0.253 e. The quantitative estimate of drug-likeness (QED) is 0.483. The van der Waals surface area contributed by atoms with E-state index in [1.54, 1.807) is 12.1 Å². The van der Waals surface area contributed by atoms with Gasteiger partial charge < -0.3 is 9.80 Å². The zero-order chi connectivity index (χ0) is 23.1. The largest absolute Gasteiger partial charge is 0.352 e. The molecule has 2 aliphatic carbocycles. The van der Waals surface area contributed by atoms with E-state index in [2.05, 4.69) is 4.90 Å². The number of amides is 1. The molecule has 1 saturated carbocycles. The molecule has 0 radical (unpaired) electrons. The highest BCUT2D eigenvalue weighted by molar-refractivity contribution is 7.19. The second-order valence-electron chi connectivity index (χ2n) is 9.92. The van der Waals surface area contributed by atoms with Gasteiger partial charge >= 0.3 is 0 Å². The minimum absolute atomic E-state index is 0.0247. The average molecular weight is 479 g/mol. The highest BCUT2D eigenvalue weighted by Gasteiger charge is 2.29. The van der Waals surface area contributed by atoms with Gasteiger partial charge in [-0.2, -0.15) is 0 Å². The van der Waals surface area contributed by atoms with Gasteiger partial charge in [-0.1, -0.05) is 19.3 Å². The molecule has 1 saturated heterocycles. The standard InChI is InChI=1S/C27H31FN4OS/c28-20-12-10-19(11-13-20)27(33)32-16-14-31(15-17-32)25-23-21-8-4-5-9-22(21)34-26(23)30-24(29-25)18-6-2-1-3-7-18/h10-13,18H,1-9,14-17H2. The highest BCUT2D eigenvalue weighted by atomic mass is 32.1. The van der Waals surface area contributed by atoms with Crippen molar-refractivity contribution in [3.63, 3.8) is 0 Å². The molecule has 3 heterocycles. The van der Waals surface area contributed by atoms with E-state index in [1.165, 1.54) is 77.7 Å². The normalized spacial score (nSPS) is 19.4. The van der Waals surface area contributed by atoms with Crippen LogP contribution in [0.1, 0.15) is 77.5 Å². The lowest BCUT2D eigenvalue weighted by Gasteiger charge is -2.36. The summed E-state index contributed by atoms with van der Waals surface area (Å²) >= 11 is 1.89. The monoisotopic (exact) mass is 478 g/mol. The average Bonchev–Trinajstić information content (AvgIpc) is 3.27. The summed E-state index contributed by atoms with van der Waals surface area (Å²) in [4.78, 5) is 30.3. The number of anilines is 1. The topological polar surface area (TPSA) is 49.3 Å². The minimum Gasteiger partial charge on any atom is -0.352 e. The van der Waals surface area contributed by atoms with E-state index in [-0.39, 0.29) is 11.7 Å². The van der Waals surface area contributed by atoms with Crippen LogP contribution < -0.4 is 4.90 Å². The van der Waals surface area contributed by atoms with Gasteiger partial charge in [0.1, 0.15) is 22.3 Å². The fraction of sp³-hybridized carbons (Fsp3) is 0.519. The summed E-state index contributed by atoms with van der Waals surface area (Å²) in [5, 5.41) is 1.28. The molecule has 3 aromatic rings. The molecule has 2 fully saturated rings. The van der Waals surface area contributed by atoms with Crippen molar-refractivity contribution in [2.24, 2.45) is 0 Å². The number of aryl methyl sites for hydroxylation is 2. The van der Waals surface area contributed by atoms with Crippen molar-refractivity contribution < 1.29 is 9.18 Å². The van der Waals surface area contributed by atoms with Crippen LogP contribution in [0.5, 0.6) is 0 Å². The Labute approximate surface area is 204 Å². The molecule has 1 aliphatic heterocycles. The van der Waals surface area contributed by atoms with Crippen molar-refractivity contribution in [1.29, 1.82) is 0 Å². The van der Waals surface area contributed by atoms with E-state index in [1.807, 2.05) is 16.2 Å². The number of rotatable bonds is 3. The van der Waals surface area contributed by atoms with E-state index < -0.39 is 0 Å². The van der Waals surface area contributed by atoms with Crippen LogP contribution in [0.4, 0.5) is 10.2 Å². The number of nitrogens with zero attached hydrogens (tertiary/aromatic N) is 4. The van der Waals surface area contributed by atoms with Gasteiger partial charge in [0.15, 0.2) is 0 Å².